The number of benzene rings is 2. The minimum atomic E-state index is -1.19. The lowest BCUT2D eigenvalue weighted by Gasteiger charge is -2.47. The van der Waals surface area contributed by atoms with Crippen molar-refractivity contribution >= 4 is 23.3 Å². The zero-order valence-corrected chi connectivity index (χ0v) is 22.9. The molecule has 1 fully saturated rings. The van der Waals surface area contributed by atoms with Gasteiger partial charge in [-0.15, -0.1) is 0 Å². The Kier molecular flexibility index (Phi) is 6.49. The largest absolute Gasteiger partial charge is 0.479 e. The molecule has 1 spiro atoms. The number of carboxylic acids is 1. The van der Waals surface area contributed by atoms with Gasteiger partial charge in [0.25, 0.3) is 0 Å². The fourth-order valence-corrected chi connectivity index (χ4v) is 5.58. The third kappa shape index (κ3) is 4.75. The van der Waals surface area contributed by atoms with Crippen LogP contribution in [0.25, 0.3) is 11.1 Å². The molecule has 0 saturated heterocycles. The number of ether oxygens (including phenoxy) is 1. The molecule has 1 amide bonds. The lowest BCUT2D eigenvalue weighted by Crippen LogP contribution is -2.55. The second kappa shape index (κ2) is 8.91. The summed E-state index contributed by atoms with van der Waals surface area (Å²) in [4.78, 5) is 26.1. The maximum atomic E-state index is 13.5. The summed E-state index contributed by atoms with van der Waals surface area (Å²) in [5, 5.41) is 17.2. The topological polar surface area (TPSA) is 87.7 Å². The molecule has 36 heavy (non-hydrogen) atoms. The summed E-state index contributed by atoms with van der Waals surface area (Å²) >= 11 is 0. The second-order valence-corrected chi connectivity index (χ2v) is 12.4. The van der Waals surface area contributed by atoms with Gasteiger partial charge in [-0.2, -0.15) is 0 Å². The smallest absolute Gasteiger partial charge is 0.337 e. The molecule has 6 heteroatoms. The van der Waals surface area contributed by atoms with Crippen LogP contribution in [0.3, 0.4) is 0 Å². The first-order chi connectivity index (χ1) is 16.6. The monoisotopic (exact) mass is 492 g/mol. The predicted octanol–water partition coefficient (Wildman–Crippen LogP) is 6.92. The summed E-state index contributed by atoms with van der Waals surface area (Å²) in [7, 11) is 0. The van der Waals surface area contributed by atoms with Crippen LogP contribution in [0, 0.1) is 26.2 Å². The van der Waals surface area contributed by atoms with E-state index in [1.54, 1.807) is 0 Å². The first-order valence-electron chi connectivity index (χ1n) is 12.9. The van der Waals surface area contributed by atoms with Gasteiger partial charge in [0.05, 0.1) is 17.0 Å². The molecule has 2 aromatic carbocycles. The van der Waals surface area contributed by atoms with Crippen LogP contribution >= 0.6 is 0 Å². The molecular formula is C30H40N2O4. The van der Waals surface area contributed by atoms with E-state index in [9.17, 15) is 14.7 Å². The number of hydrogen-bond donors (Lipinski definition) is 3. The van der Waals surface area contributed by atoms with Gasteiger partial charge in [-0.25, -0.2) is 4.79 Å². The van der Waals surface area contributed by atoms with Gasteiger partial charge < -0.3 is 20.5 Å². The van der Waals surface area contributed by atoms with Crippen molar-refractivity contribution in [1.82, 2.24) is 0 Å². The zero-order valence-electron chi connectivity index (χ0n) is 22.9. The number of anilines is 2. The average Bonchev–Trinajstić information content (AvgIpc) is 2.78. The number of carboxylic acid groups (broad SMARTS) is 1. The van der Waals surface area contributed by atoms with E-state index in [4.69, 9.17) is 4.74 Å². The number of carbonyl (C=O) groups is 2. The number of nitrogens with one attached hydrogen (secondary N) is 2. The molecule has 1 aliphatic carbocycles. The molecule has 0 aromatic heterocycles. The van der Waals surface area contributed by atoms with Gasteiger partial charge in [-0.05, 0) is 94.9 Å². The van der Waals surface area contributed by atoms with Gasteiger partial charge in [-0.1, -0.05) is 43.7 Å². The molecule has 194 valence electrons. The molecule has 1 atom stereocenters. The minimum absolute atomic E-state index is 0.0364. The Morgan fingerprint density at radius 3 is 2.08 bits per heavy atom. The van der Waals surface area contributed by atoms with E-state index in [2.05, 4.69) is 24.5 Å². The van der Waals surface area contributed by atoms with Crippen LogP contribution in [0.4, 0.5) is 11.4 Å². The summed E-state index contributed by atoms with van der Waals surface area (Å²) in [6.07, 6.45) is 2.26. The quantitative estimate of drug-likeness (QED) is 0.431. The Labute approximate surface area is 214 Å². The highest BCUT2D eigenvalue weighted by Gasteiger charge is 2.48. The maximum absolute atomic E-state index is 13.5. The molecule has 3 N–H and O–H groups in total. The molecule has 2 aromatic rings. The third-order valence-electron chi connectivity index (χ3n) is 7.84. The van der Waals surface area contributed by atoms with E-state index in [1.807, 2.05) is 65.8 Å². The van der Waals surface area contributed by atoms with Crippen molar-refractivity contribution in [3.8, 4) is 11.1 Å². The molecule has 4 rings (SSSR count). The van der Waals surface area contributed by atoms with Crippen LogP contribution in [0.1, 0.15) is 88.7 Å². The van der Waals surface area contributed by atoms with Gasteiger partial charge >= 0.3 is 5.97 Å². The second-order valence-electron chi connectivity index (χ2n) is 12.4. The summed E-state index contributed by atoms with van der Waals surface area (Å²) in [6, 6.07) is 8.13. The van der Waals surface area contributed by atoms with Crippen LogP contribution in [-0.2, 0) is 14.3 Å². The van der Waals surface area contributed by atoms with E-state index in [-0.39, 0.29) is 11.3 Å². The van der Waals surface area contributed by atoms with E-state index >= 15 is 0 Å². The molecule has 1 saturated carbocycles. The van der Waals surface area contributed by atoms with Crippen LogP contribution in [-0.4, -0.2) is 28.1 Å². The van der Waals surface area contributed by atoms with E-state index in [1.165, 1.54) is 0 Å². The number of hydrogen-bond acceptors (Lipinski definition) is 4. The molecule has 1 aliphatic heterocycles. The molecule has 6 nitrogen and oxygen atoms in total. The maximum Gasteiger partial charge on any atom is 0.337 e. The highest BCUT2D eigenvalue weighted by atomic mass is 16.5. The van der Waals surface area contributed by atoms with Crippen LogP contribution in [0.15, 0.2) is 24.3 Å². The first-order valence-corrected chi connectivity index (χ1v) is 12.9. The number of rotatable bonds is 4. The first kappa shape index (κ1) is 26.2. The predicted molar refractivity (Wildman–Crippen MR) is 145 cm³/mol. The van der Waals surface area contributed by atoms with Gasteiger partial charge in [0, 0.05) is 5.56 Å². The standard InChI is InChI=1S/C30H40N2O4/c1-17-9-11-20(12-10-17)21-18(2)24-23(19(3)22(21)25(26(33)34)36-28(4,5)6)31-27(35)30(32-24)15-13-29(7,8)14-16-30/h9-12,25,32H,13-16H2,1-8H3,(H,31,35)(H,33,34)/t25-/m0/s1. The molecule has 1 heterocycles. The molecule has 2 aliphatic rings. The Hall–Kier alpha value is -2.86. The molecule has 0 unspecified atom stereocenters. The molecule has 0 bridgehead atoms. The van der Waals surface area contributed by atoms with Crippen molar-refractivity contribution in [2.45, 2.75) is 98.3 Å². The fraction of sp³-hybridized carbons (Fsp3) is 0.533. The van der Waals surface area contributed by atoms with Crippen molar-refractivity contribution in [1.29, 1.82) is 0 Å². The number of carbonyl (C=O) groups excluding carboxylic acids is 1. The Morgan fingerprint density at radius 2 is 1.56 bits per heavy atom. The Morgan fingerprint density at radius 1 is 0.972 bits per heavy atom. The van der Waals surface area contributed by atoms with Crippen LogP contribution in [0.5, 0.6) is 0 Å². The van der Waals surface area contributed by atoms with Gasteiger partial charge in [0.1, 0.15) is 5.54 Å². The average molecular weight is 493 g/mol. The SMILES string of the molecule is Cc1ccc(-c2c(C)c3c(c(C)c2[C@H](OC(C)(C)C)C(=O)O)NC(=O)C2(CCC(C)(C)CC2)N3)cc1. The van der Waals surface area contributed by atoms with E-state index in [0.717, 1.165) is 59.2 Å². The van der Waals surface area contributed by atoms with Crippen molar-refractivity contribution in [3.63, 3.8) is 0 Å². The fourth-order valence-electron chi connectivity index (χ4n) is 5.58. The van der Waals surface area contributed by atoms with Gasteiger partial charge in [0.2, 0.25) is 5.91 Å². The Bertz CT molecular complexity index is 1200. The zero-order chi connectivity index (χ0) is 26.6. The number of aliphatic carboxylic acids is 1. The summed E-state index contributed by atoms with van der Waals surface area (Å²) in [5.74, 6) is -1.09. The van der Waals surface area contributed by atoms with Crippen LogP contribution in [0.2, 0.25) is 0 Å². The number of aryl methyl sites for hydroxylation is 1. The van der Waals surface area contributed by atoms with Crippen molar-refractivity contribution in [3.05, 3.63) is 46.5 Å². The highest BCUT2D eigenvalue weighted by molar-refractivity contribution is 6.09. The van der Waals surface area contributed by atoms with Crippen molar-refractivity contribution in [2.75, 3.05) is 10.6 Å². The van der Waals surface area contributed by atoms with E-state index in [0.29, 0.717) is 11.3 Å². The van der Waals surface area contributed by atoms with Gasteiger partial charge in [0.15, 0.2) is 6.10 Å². The van der Waals surface area contributed by atoms with Crippen LogP contribution < -0.4 is 10.6 Å². The van der Waals surface area contributed by atoms with Gasteiger partial charge in [-0.3, -0.25) is 4.79 Å². The lowest BCUT2D eigenvalue weighted by atomic mass is 9.68. The van der Waals surface area contributed by atoms with Crippen molar-refractivity contribution < 1.29 is 19.4 Å². The summed E-state index contributed by atoms with van der Waals surface area (Å²) in [5.41, 5.74) is 5.55. The lowest BCUT2D eigenvalue weighted by molar-refractivity contribution is -0.160. The minimum Gasteiger partial charge on any atom is -0.479 e. The van der Waals surface area contributed by atoms with Crippen molar-refractivity contribution in [2.24, 2.45) is 5.41 Å². The summed E-state index contributed by atoms with van der Waals surface area (Å²) in [6.45, 7) is 16.0. The molecule has 0 radical (unpaired) electrons. The third-order valence-corrected chi connectivity index (χ3v) is 7.84. The number of fused-ring (bicyclic) bond motifs is 1. The number of amides is 1. The van der Waals surface area contributed by atoms with E-state index < -0.39 is 23.2 Å². The summed E-state index contributed by atoms with van der Waals surface area (Å²) < 4.78 is 6.12. The molecular weight excluding hydrogens is 452 g/mol. The normalized spacial score (nSPS) is 19.3. The Balaban J connectivity index is 1.95. The highest BCUT2D eigenvalue weighted by Crippen LogP contribution is 2.51.